The van der Waals surface area contributed by atoms with Gasteiger partial charge in [0.05, 0.1) is 6.61 Å². The zero-order valence-electron chi connectivity index (χ0n) is 17.3. The zero-order valence-corrected chi connectivity index (χ0v) is 18.1. The lowest BCUT2D eigenvalue weighted by Gasteiger charge is -2.25. The van der Waals surface area contributed by atoms with E-state index in [1.807, 2.05) is 24.3 Å². The SMILES string of the molecule is O=C(c1ccc(OCCCC2CCCN2NS(=O)(=O)c2ccccc2F)cc1)C1CC1. The van der Waals surface area contributed by atoms with Gasteiger partial charge in [0, 0.05) is 24.1 Å². The Balaban J connectivity index is 1.25. The number of carbonyl (C=O) groups is 1. The van der Waals surface area contributed by atoms with Crippen LogP contribution in [0.25, 0.3) is 0 Å². The molecule has 1 aliphatic carbocycles. The van der Waals surface area contributed by atoms with Crippen molar-refractivity contribution in [3.63, 3.8) is 0 Å². The molecule has 31 heavy (non-hydrogen) atoms. The largest absolute Gasteiger partial charge is 0.494 e. The fourth-order valence-electron chi connectivity index (χ4n) is 3.93. The summed E-state index contributed by atoms with van der Waals surface area (Å²) in [6.07, 6.45) is 5.25. The number of rotatable bonds is 10. The van der Waals surface area contributed by atoms with Crippen LogP contribution in [0.4, 0.5) is 4.39 Å². The van der Waals surface area contributed by atoms with Crippen molar-refractivity contribution in [2.45, 2.75) is 49.5 Å². The Morgan fingerprint density at radius 3 is 2.55 bits per heavy atom. The lowest BCUT2D eigenvalue weighted by Crippen LogP contribution is -2.45. The molecular weight excluding hydrogens is 419 g/mol. The lowest BCUT2D eigenvalue weighted by molar-refractivity contribution is 0.0967. The summed E-state index contributed by atoms with van der Waals surface area (Å²) in [5, 5.41) is 1.69. The number of halogens is 1. The Labute approximate surface area is 182 Å². The molecule has 1 saturated carbocycles. The normalized spacial score (nSPS) is 19.5. The van der Waals surface area contributed by atoms with Crippen molar-refractivity contribution in [2.75, 3.05) is 13.2 Å². The first kappa shape index (κ1) is 21.9. The topological polar surface area (TPSA) is 75.7 Å². The molecule has 1 N–H and O–H groups in total. The second-order valence-electron chi connectivity index (χ2n) is 8.17. The van der Waals surface area contributed by atoms with E-state index in [-0.39, 0.29) is 22.6 Å². The molecule has 1 unspecified atom stereocenters. The number of hydrogen-bond donors (Lipinski definition) is 1. The van der Waals surface area contributed by atoms with Crippen LogP contribution < -0.4 is 9.57 Å². The van der Waals surface area contributed by atoms with Crippen LogP contribution in [0.1, 0.15) is 48.9 Å². The Kier molecular flexibility index (Phi) is 6.69. The molecule has 0 aromatic heterocycles. The number of nitrogens with zero attached hydrogens (tertiary/aromatic N) is 1. The Morgan fingerprint density at radius 2 is 1.84 bits per heavy atom. The van der Waals surface area contributed by atoms with Gasteiger partial charge < -0.3 is 4.74 Å². The third kappa shape index (κ3) is 5.50. The molecule has 2 fully saturated rings. The molecule has 8 heteroatoms. The molecule has 1 saturated heterocycles. The van der Waals surface area contributed by atoms with Crippen LogP contribution in [0.3, 0.4) is 0 Å². The van der Waals surface area contributed by atoms with Crippen LogP contribution >= 0.6 is 0 Å². The summed E-state index contributed by atoms with van der Waals surface area (Å²) in [5.74, 6) is 0.377. The lowest BCUT2D eigenvalue weighted by atomic mass is 10.1. The molecule has 2 aliphatic rings. The molecule has 0 spiro atoms. The quantitative estimate of drug-likeness (QED) is 0.442. The van der Waals surface area contributed by atoms with Gasteiger partial charge in [-0.05, 0) is 74.9 Å². The summed E-state index contributed by atoms with van der Waals surface area (Å²) in [4.78, 5) is 14.3. The van der Waals surface area contributed by atoms with E-state index in [4.69, 9.17) is 4.74 Å². The van der Waals surface area contributed by atoms with Crippen molar-refractivity contribution in [1.29, 1.82) is 0 Å². The molecule has 2 aromatic rings. The van der Waals surface area contributed by atoms with Gasteiger partial charge in [-0.1, -0.05) is 12.1 Å². The number of hydrazine groups is 1. The predicted octanol–water partition coefficient (Wildman–Crippen LogP) is 3.94. The van der Waals surface area contributed by atoms with Crippen LogP contribution in [-0.4, -0.2) is 38.4 Å². The third-order valence-electron chi connectivity index (χ3n) is 5.78. The maximum Gasteiger partial charge on any atom is 0.256 e. The van der Waals surface area contributed by atoms with Gasteiger partial charge in [-0.2, -0.15) is 0 Å². The number of Topliss-reactive ketones (excluding diaryl/α,β-unsaturated/α-hetero) is 1. The first-order chi connectivity index (χ1) is 14.9. The van der Waals surface area contributed by atoms with Crippen LogP contribution in [0.15, 0.2) is 53.4 Å². The fourth-order valence-corrected chi connectivity index (χ4v) is 5.16. The van der Waals surface area contributed by atoms with Crippen LogP contribution in [0.5, 0.6) is 5.75 Å². The Bertz CT molecular complexity index is 1020. The molecule has 1 aliphatic heterocycles. The summed E-state index contributed by atoms with van der Waals surface area (Å²) in [6.45, 7) is 1.09. The van der Waals surface area contributed by atoms with Crippen molar-refractivity contribution < 1.29 is 22.3 Å². The minimum atomic E-state index is -3.95. The number of hydrogen-bond acceptors (Lipinski definition) is 5. The highest BCUT2D eigenvalue weighted by molar-refractivity contribution is 7.89. The second-order valence-corrected chi connectivity index (χ2v) is 9.80. The number of ether oxygens (including phenoxy) is 1. The number of benzene rings is 2. The number of carbonyl (C=O) groups excluding carboxylic acids is 1. The van der Waals surface area contributed by atoms with Crippen molar-refractivity contribution in [1.82, 2.24) is 9.84 Å². The van der Waals surface area contributed by atoms with Gasteiger partial charge in [0.2, 0.25) is 0 Å². The predicted molar refractivity (Wildman–Crippen MR) is 115 cm³/mol. The summed E-state index contributed by atoms with van der Waals surface area (Å²) in [7, 11) is -3.95. The summed E-state index contributed by atoms with van der Waals surface area (Å²) in [5.41, 5.74) is 0.735. The standard InChI is InChI=1S/C23H27FN2O4S/c24-21-7-1-2-8-22(21)31(28,29)25-26-15-3-5-19(26)6-4-16-30-20-13-11-18(12-14-20)23(27)17-9-10-17/h1-2,7-8,11-14,17,19,25H,3-6,9-10,15-16H2. The van der Waals surface area contributed by atoms with E-state index in [0.29, 0.717) is 13.2 Å². The van der Waals surface area contributed by atoms with E-state index in [9.17, 15) is 17.6 Å². The molecule has 6 nitrogen and oxygen atoms in total. The van der Waals surface area contributed by atoms with Gasteiger partial charge in [-0.25, -0.2) is 17.8 Å². The maximum absolute atomic E-state index is 13.9. The first-order valence-corrected chi connectivity index (χ1v) is 12.2. The van der Waals surface area contributed by atoms with E-state index in [1.165, 1.54) is 18.2 Å². The van der Waals surface area contributed by atoms with Crippen LogP contribution in [-0.2, 0) is 10.0 Å². The average Bonchev–Trinajstić information content (AvgIpc) is 3.52. The van der Waals surface area contributed by atoms with E-state index >= 15 is 0 Å². The van der Waals surface area contributed by atoms with Crippen molar-refractivity contribution in [3.8, 4) is 5.75 Å². The van der Waals surface area contributed by atoms with Gasteiger partial charge in [0.15, 0.2) is 5.78 Å². The Morgan fingerprint density at radius 1 is 1.10 bits per heavy atom. The highest BCUT2D eigenvalue weighted by Gasteiger charge is 2.31. The molecule has 0 amide bonds. The fraction of sp³-hybridized carbons (Fsp3) is 0.435. The van der Waals surface area contributed by atoms with Crippen molar-refractivity contribution in [2.24, 2.45) is 5.92 Å². The van der Waals surface area contributed by atoms with Gasteiger partial charge >= 0.3 is 0 Å². The van der Waals surface area contributed by atoms with Crippen molar-refractivity contribution in [3.05, 3.63) is 59.9 Å². The zero-order chi connectivity index (χ0) is 21.8. The van der Waals surface area contributed by atoms with Gasteiger partial charge in [0.25, 0.3) is 10.0 Å². The first-order valence-electron chi connectivity index (χ1n) is 10.7. The summed E-state index contributed by atoms with van der Waals surface area (Å²) < 4.78 is 44.8. The van der Waals surface area contributed by atoms with Crippen LogP contribution in [0.2, 0.25) is 0 Å². The van der Waals surface area contributed by atoms with E-state index in [1.54, 1.807) is 5.01 Å². The molecular formula is C23H27FN2O4S. The van der Waals surface area contributed by atoms with E-state index < -0.39 is 15.8 Å². The number of ketones is 1. The minimum Gasteiger partial charge on any atom is -0.494 e. The van der Waals surface area contributed by atoms with E-state index in [2.05, 4.69) is 4.83 Å². The second kappa shape index (κ2) is 9.46. The molecule has 166 valence electrons. The number of nitrogens with one attached hydrogen (secondary N) is 1. The molecule has 4 rings (SSSR count). The minimum absolute atomic E-state index is 0.0451. The molecule has 2 aromatic carbocycles. The summed E-state index contributed by atoms with van der Waals surface area (Å²) in [6, 6.07) is 12.7. The smallest absolute Gasteiger partial charge is 0.256 e. The molecule has 0 bridgehead atoms. The monoisotopic (exact) mass is 446 g/mol. The maximum atomic E-state index is 13.9. The van der Waals surface area contributed by atoms with E-state index in [0.717, 1.165) is 55.9 Å². The molecule has 1 atom stereocenters. The average molecular weight is 447 g/mol. The Hall–Kier alpha value is -2.29. The highest BCUT2D eigenvalue weighted by Crippen LogP contribution is 2.33. The summed E-state index contributed by atoms with van der Waals surface area (Å²) >= 11 is 0. The number of sulfonamides is 1. The highest BCUT2D eigenvalue weighted by atomic mass is 32.2. The molecule has 1 heterocycles. The van der Waals surface area contributed by atoms with Gasteiger partial charge in [-0.15, -0.1) is 4.83 Å². The third-order valence-corrected chi connectivity index (χ3v) is 7.16. The van der Waals surface area contributed by atoms with Crippen molar-refractivity contribution >= 4 is 15.8 Å². The molecule has 0 radical (unpaired) electrons. The van der Waals surface area contributed by atoms with Gasteiger partial charge in [-0.3, -0.25) is 4.79 Å². The van der Waals surface area contributed by atoms with Crippen LogP contribution in [0, 0.1) is 11.7 Å². The van der Waals surface area contributed by atoms with Gasteiger partial charge in [0.1, 0.15) is 16.5 Å².